The summed E-state index contributed by atoms with van der Waals surface area (Å²) in [5.41, 5.74) is 9.66. The Kier molecular flexibility index (Phi) is 4.02. The molecule has 0 aliphatic rings. The van der Waals surface area contributed by atoms with Crippen LogP contribution in [0, 0.1) is 6.92 Å². The van der Waals surface area contributed by atoms with E-state index in [0.717, 1.165) is 37.1 Å². The van der Waals surface area contributed by atoms with E-state index in [1.165, 1.54) is 11.1 Å². The van der Waals surface area contributed by atoms with E-state index < -0.39 is 0 Å². The van der Waals surface area contributed by atoms with Gasteiger partial charge in [-0.1, -0.05) is 19.9 Å². The molecule has 1 aromatic carbocycles. The molecule has 0 amide bonds. The van der Waals surface area contributed by atoms with Gasteiger partial charge in [-0.3, -0.25) is 0 Å². The van der Waals surface area contributed by atoms with Crippen molar-refractivity contribution in [3.63, 3.8) is 0 Å². The molecule has 1 atom stereocenters. The average molecular weight is 245 g/mol. The zero-order valence-corrected chi connectivity index (χ0v) is 11.6. The quantitative estimate of drug-likeness (QED) is 0.880. The highest BCUT2D eigenvalue weighted by Gasteiger charge is 2.12. The van der Waals surface area contributed by atoms with Gasteiger partial charge in [-0.2, -0.15) is 0 Å². The van der Waals surface area contributed by atoms with Crippen molar-refractivity contribution >= 4 is 11.0 Å². The van der Waals surface area contributed by atoms with Crippen molar-refractivity contribution in [3.8, 4) is 0 Å². The van der Waals surface area contributed by atoms with Crippen molar-refractivity contribution in [2.45, 2.75) is 52.6 Å². The molecular weight excluding hydrogens is 222 g/mol. The molecular formula is C15H23N3. The summed E-state index contributed by atoms with van der Waals surface area (Å²) in [7, 11) is 0. The molecule has 0 fully saturated rings. The fourth-order valence-corrected chi connectivity index (χ4v) is 2.30. The molecule has 0 spiro atoms. The Morgan fingerprint density at radius 3 is 2.78 bits per heavy atom. The van der Waals surface area contributed by atoms with Crippen LogP contribution in [0.4, 0.5) is 0 Å². The maximum absolute atomic E-state index is 6.07. The van der Waals surface area contributed by atoms with Crippen molar-refractivity contribution in [3.05, 3.63) is 29.6 Å². The van der Waals surface area contributed by atoms with Crippen LogP contribution in [-0.4, -0.2) is 15.6 Å². The molecule has 3 heteroatoms. The molecule has 18 heavy (non-hydrogen) atoms. The number of aromatic nitrogens is 2. The summed E-state index contributed by atoms with van der Waals surface area (Å²) >= 11 is 0. The number of benzene rings is 1. The van der Waals surface area contributed by atoms with Crippen LogP contribution in [0.5, 0.6) is 0 Å². The Labute approximate surface area is 109 Å². The second-order valence-corrected chi connectivity index (χ2v) is 5.04. The van der Waals surface area contributed by atoms with Crippen molar-refractivity contribution in [2.75, 3.05) is 0 Å². The van der Waals surface area contributed by atoms with E-state index >= 15 is 0 Å². The first-order valence-electron chi connectivity index (χ1n) is 6.87. The third-order valence-corrected chi connectivity index (χ3v) is 3.40. The molecule has 0 aliphatic carbocycles. The van der Waals surface area contributed by atoms with Crippen LogP contribution in [0.1, 0.15) is 38.1 Å². The number of nitrogens with two attached hydrogens (primary N) is 1. The second kappa shape index (κ2) is 5.53. The third kappa shape index (κ3) is 2.56. The van der Waals surface area contributed by atoms with E-state index in [0.29, 0.717) is 0 Å². The molecule has 1 heterocycles. The van der Waals surface area contributed by atoms with Gasteiger partial charge in [0.2, 0.25) is 0 Å². The van der Waals surface area contributed by atoms with Gasteiger partial charge in [0, 0.05) is 19.0 Å². The zero-order valence-electron chi connectivity index (χ0n) is 11.6. The van der Waals surface area contributed by atoms with E-state index in [2.05, 4.69) is 43.5 Å². The number of nitrogens with zero attached hydrogens (tertiary/aromatic N) is 2. The fourth-order valence-electron chi connectivity index (χ4n) is 2.30. The monoisotopic (exact) mass is 245 g/mol. The van der Waals surface area contributed by atoms with Crippen LogP contribution >= 0.6 is 0 Å². The molecule has 0 saturated carbocycles. The third-order valence-electron chi connectivity index (χ3n) is 3.40. The minimum absolute atomic E-state index is 0.207. The zero-order chi connectivity index (χ0) is 13.1. The lowest BCUT2D eigenvalue weighted by Gasteiger charge is -2.11. The van der Waals surface area contributed by atoms with Gasteiger partial charge in [0.05, 0.1) is 11.0 Å². The molecule has 2 aromatic rings. The molecule has 2 rings (SSSR count). The van der Waals surface area contributed by atoms with E-state index in [-0.39, 0.29) is 6.04 Å². The molecule has 0 radical (unpaired) electrons. The number of imidazole rings is 1. The summed E-state index contributed by atoms with van der Waals surface area (Å²) in [4.78, 5) is 4.76. The maximum atomic E-state index is 6.07. The van der Waals surface area contributed by atoms with Crippen LogP contribution < -0.4 is 5.73 Å². The molecule has 0 aliphatic heterocycles. The van der Waals surface area contributed by atoms with E-state index in [9.17, 15) is 0 Å². The van der Waals surface area contributed by atoms with Gasteiger partial charge in [0.25, 0.3) is 0 Å². The standard InChI is InChI=1S/C15H23N3/c1-4-8-18-14-7-6-11(3)9-13(14)17-15(18)10-12(16)5-2/h6-7,9,12H,4-5,8,10,16H2,1-3H3. The predicted octanol–water partition coefficient (Wildman–Crippen LogP) is 3.03. The fraction of sp³-hybridized carbons (Fsp3) is 0.533. The smallest absolute Gasteiger partial charge is 0.111 e. The number of rotatable bonds is 5. The Morgan fingerprint density at radius 1 is 1.33 bits per heavy atom. The molecule has 3 nitrogen and oxygen atoms in total. The largest absolute Gasteiger partial charge is 0.328 e. The molecule has 98 valence electrons. The molecule has 1 unspecified atom stereocenters. The molecule has 1 aromatic heterocycles. The highest BCUT2D eigenvalue weighted by atomic mass is 15.1. The Hall–Kier alpha value is -1.35. The summed E-state index contributed by atoms with van der Waals surface area (Å²) in [5, 5.41) is 0. The van der Waals surface area contributed by atoms with Crippen LogP contribution in [0.15, 0.2) is 18.2 Å². The lowest BCUT2D eigenvalue weighted by atomic mass is 10.1. The Bertz CT molecular complexity index is 528. The van der Waals surface area contributed by atoms with Crippen LogP contribution in [0.25, 0.3) is 11.0 Å². The van der Waals surface area contributed by atoms with Gasteiger partial charge >= 0.3 is 0 Å². The normalized spacial score (nSPS) is 13.1. The van der Waals surface area contributed by atoms with Crippen LogP contribution in [-0.2, 0) is 13.0 Å². The number of fused-ring (bicyclic) bond motifs is 1. The summed E-state index contributed by atoms with van der Waals surface area (Å²) in [5.74, 6) is 1.13. The lowest BCUT2D eigenvalue weighted by Crippen LogP contribution is -2.23. The SMILES string of the molecule is CCCn1c(CC(N)CC)nc2cc(C)ccc21. The lowest BCUT2D eigenvalue weighted by molar-refractivity contribution is 0.582. The number of hydrogen-bond acceptors (Lipinski definition) is 2. The van der Waals surface area contributed by atoms with Crippen LogP contribution in [0.3, 0.4) is 0 Å². The first-order valence-corrected chi connectivity index (χ1v) is 6.87. The van der Waals surface area contributed by atoms with E-state index in [1.54, 1.807) is 0 Å². The number of hydrogen-bond donors (Lipinski definition) is 1. The maximum Gasteiger partial charge on any atom is 0.111 e. The van der Waals surface area contributed by atoms with E-state index in [1.807, 2.05) is 0 Å². The van der Waals surface area contributed by atoms with Crippen molar-refractivity contribution in [2.24, 2.45) is 5.73 Å². The summed E-state index contributed by atoms with van der Waals surface area (Å²) in [6, 6.07) is 6.69. The van der Waals surface area contributed by atoms with Gasteiger partial charge < -0.3 is 10.3 Å². The highest BCUT2D eigenvalue weighted by molar-refractivity contribution is 5.76. The minimum Gasteiger partial charge on any atom is -0.328 e. The van der Waals surface area contributed by atoms with E-state index in [4.69, 9.17) is 10.7 Å². The highest BCUT2D eigenvalue weighted by Crippen LogP contribution is 2.19. The van der Waals surface area contributed by atoms with Crippen molar-refractivity contribution in [1.82, 2.24) is 9.55 Å². The predicted molar refractivity (Wildman–Crippen MR) is 76.7 cm³/mol. The van der Waals surface area contributed by atoms with Crippen molar-refractivity contribution in [1.29, 1.82) is 0 Å². The summed E-state index contributed by atoms with van der Waals surface area (Å²) < 4.78 is 2.32. The molecule has 0 bridgehead atoms. The van der Waals surface area contributed by atoms with Gasteiger partial charge in [-0.25, -0.2) is 4.98 Å². The first kappa shape index (κ1) is 13.1. The Morgan fingerprint density at radius 2 is 2.11 bits per heavy atom. The molecule has 0 saturated heterocycles. The Balaban J connectivity index is 2.46. The summed E-state index contributed by atoms with van der Waals surface area (Å²) in [6.45, 7) is 7.45. The van der Waals surface area contributed by atoms with Crippen molar-refractivity contribution < 1.29 is 0 Å². The van der Waals surface area contributed by atoms with Crippen LogP contribution in [0.2, 0.25) is 0 Å². The van der Waals surface area contributed by atoms with Gasteiger partial charge in [-0.05, 0) is 37.5 Å². The second-order valence-electron chi connectivity index (χ2n) is 5.04. The van der Waals surface area contributed by atoms with Gasteiger partial charge in [-0.15, -0.1) is 0 Å². The van der Waals surface area contributed by atoms with Gasteiger partial charge in [0.15, 0.2) is 0 Å². The first-order chi connectivity index (χ1) is 8.65. The topological polar surface area (TPSA) is 43.8 Å². The minimum atomic E-state index is 0.207. The molecule has 2 N–H and O–H groups in total. The number of aryl methyl sites for hydroxylation is 2. The summed E-state index contributed by atoms with van der Waals surface area (Å²) in [6.07, 6.45) is 2.98. The average Bonchev–Trinajstić information content (AvgIpc) is 2.67. The van der Waals surface area contributed by atoms with Gasteiger partial charge in [0.1, 0.15) is 5.82 Å².